The molecule has 2 N–H and O–H groups in total. The lowest BCUT2D eigenvalue weighted by atomic mass is 9.67. The highest BCUT2D eigenvalue weighted by atomic mass is 32.2. The van der Waals surface area contributed by atoms with Crippen molar-refractivity contribution in [3.05, 3.63) is 30.3 Å². The summed E-state index contributed by atoms with van der Waals surface area (Å²) < 4.78 is 26.6. The molecule has 104 valence electrons. The number of sulfonamides is 1. The van der Waals surface area contributed by atoms with Crippen LogP contribution < -0.4 is 4.72 Å². The predicted octanol–water partition coefficient (Wildman–Crippen LogP) is 1.61. The van der Waals surface area contributed by atoms with Gasteiger partial charge < -0.3 is 5.11 Å². The van der Waals surface area contributed by atoms with Crippen LogP contribution in [0.4, 0.5) is 0 Å². The van der Waals surface area contributed by atoms with E-state index in [0.29, 0.717) is 0 Å². The summed E-state index contributed by atoms with van der Waals surface area (Å²) in [6.07, 6.45) is 2.50. The molecule has 1 aromatic carbocycles. The van der Waals surface area contributed by atoms with E-state index >= 15 is 0 Å². The van der Waals surface area contributed by atoms with Crippen molar-refractivity contribution in [3.63, 3.8) is 0 Å². The molecule has 0 radical (unpaired) electrons. The Kier molecular flexibility index (Phi) is 3.91. The molecule has 2 rings (SSSR count). The molecule has 19 heavy (non-hydrogen) atoms. The van der Waals surface area contributed by atoms with E-state index in [-0.39, 0.29) is 17.9 Å². The molecular formula is C13H17NO4S. The number of hydrogen-bond donors (Lipinski definition) is 2. The molecule has 0 heterocycles. The fraction of sp³-hybridized carbons (Fsp3) is 0.462. The van der Waals surface area contributed by atoms with Crippen LogP contribution in [0.3, 0.4) is 0 Å². The summed E-state index contributed by atoms with van der Waals surface area (Å²) in [6, 6.07) is 8.10. The van der Waals surface area contributed by atoms with Crippen LogP contribution in [0.15, 0.2) is 35.2 Å². The number of carboxylic acid groups (broad SMARTS) is 1. The molecule has 0 aromatic heterocycles. The molecule has 0 aliphatic heterocycles. The van der Waals surface area contributed by atoms with E-state index in [4.69, 9.17) is 5.11 Å². The normalized spacial score (nSPS) is 17.7. The van der Waals surface area contributed by atoms with E-state index in [1.54, 1.807) is 18.2 Å². The Morgan fingerprint density at radius 2 is 1.89 bits per heavy atom. The zero-order valence-electron chi connectivity index (χ0n) is 10.5. The van der Waals surface area contributed by atoms with E-state index in [1.807, 2.05) is 0 Å². The van der Waals surface area contributed by atoms with Gasteiger partial charge in [0.25, 0.3) is 0 Å². The van der Waals surface area contributed by atoms with Gasteiger partial charge in [0, 0.05) is 6.54 Å². The molecule has 0 bridgehead atoms. The van der Waals surface area contributed by atoms with Gasteiger partial charge >= 0.3 is 5.97 Å². The average Bonchev–Trinajstić information content (AvgIpc) is 2.33. The number of carbonyl (C=O) groups is 1. The van der Waals surface area contributed by atoms with Crippen molar-refractivity contribution in [2.75, 3.05) is 6.54 Å². The number of carboxylic acids is 1. The zero-order chi connectivity index (χ0) is 13.9. The van der Waals surface area contributed by atoms with Crippen LogP contribution in [-0.2, 0) is 14.8 Å². The zero-order valence-corrected chi connectivity index (χ0v) is 11.3. The Labute approximate surface area is 112 Å². The third-order valence-corrected chi connectivity index (χ3v) is 5.05. The minimum Gasteiger partial charge on any atom is -0.481 e. The van der Waals surface area contributed by atoms with Gasteiger partial charge in [-0.05, 0) is 30.4 Å². The van der Waals surface area contributed by atoms with Crippen LogP contribution in [0.1, 0.15) is 25.7 Å². The van der Waals surface area contributed by atoms with Crippen LogP contribution in [0, 0.1) is 5.41 Å². The highest BCUT2D eigenvalue weighted by Crippen LogP contribution is 2.43. The topological polar surface area (TPSA) is 83.5 Å². The molecule has 1 saturated carbocycles. The Morgan fingerprint density at radius 3 is 2.37 bits per heavy atom. The van der Waals surface area contributed by atoms with Gasteiger partial charge in [-0.1, -0.05) is 24.6 Å². The van der Waals surface area contributed by atoms with Gasteiger partial charge in [-0.3, -0.25) is 4.79 Å². The first-order chi connectivity index (χ1) is 8.94. The number of hydrogen-bond acceptors (Lipinski definition) is 3. The maximum absolute atomic E-state index is 12.0. The van der Waals surface area contributed by atoms with Crippen LogP contribution in [0.2, 0.25) is 0 Å². The lowest BCUT2D eigenvalue weighted by Gasteiger charge is -2.40. The summed E-state index contributed by atoms with van der Waals surface area (Å²) in [7, 11) is -3.55. The first kappa shape index (κ1) is 14.0. The van der Waals surface area contributed by atoms with Gasteiger partial charge in [-0.2, -0.15) is 0 Å². The Hall–Kier alpha value is -1.40. The van der Waals surface area contributed by atoms with Crippen molar-refractivity contribution in [1.82, 2.24) is 4.72 Å². The van der Waals surface area contributed by atoms with Crippen LogP contribution in [0.5, 0.6) is 0 Å². The third-order valence-electron chi connectivity index (χ3n) is 3.63. The van der Waals surface area contributed by atoms with Gasteiger partial charge in [0.2, 0.25) is 10.0 Å². The lowest BCUT2D eigenvalue weighted by molar-refractivity contribution is -0.141. The van der Waals surface area contributed by atoms with Crippen molar-refractivity contribution in [3.8, 4) is 0 Å². The number of nitrogens with one attached hydrogen (secondary N) is 1. The second-order valence-corrected chi connectivity index (χ2v) is 6.83. The van der Waals surface area contributed by atoms with Crippen LogP contribution >= 0.6 is 0 Å². The van der Waals surface area contributed by atoms with Gasteiger partial charge in [-0.25, -0.2) is 13.1 Å². The SMILES string of the molecule is O=C(O)CC1(CNS(=O)(=O)c2ccccc2)CCC1. The second kappa shape index (κ2) is 5.30. The van der Waals surface area contributed by atoms with Crippen molar-refractivity contribution in [2.45, 2.75) is 30.6 Å². The van der Waals surface area contributed by atoms with Gasteiger partial charge in [0.05, 0.1) is 11.3 Å². The fourth-order valence-corrected chi connectivity index (χ4v) is 3.52. The number of rotatable bonds is 6. The molecule has 0 atom stereocenters. The lowest BCUT2D eigenvalue weighted by Crippen LogP contribution is -2.43. The highest BCUT2D eigenvalue weighted by molar-refractivity contribution is 7.89. The Morgan fingerprint density at radius 1 is 1.26 bits per heavy atom. The molecular weight excluding hydrogens is 266 g/mol. The quantitative estimate of drug-likeness (QED) is 0.830. The highest BCUT2D eigenvalue weighted by Gasteiger charge is 2.39. The summed E-state index contributed by atoms with van der Waals surface area (Å²) >= 11 is 0. The number of aliphatic carboxylic acids is 1. The molecule has 0 spiro atoms. The fourth-order valence-electron chi connectivity index (χ4n) is 2.34. The maximum atomic E-state index is 12.0. The van der Waals surface area contributed by atoms with Crippen molar-refractivity contribution in [2.24, 2.45) is 5.41 Å². The van der Waals surface area contributed by atoms with Gasteiger partial charge in [0.15, 0.2) is 0 Å². The number of benzene rings is 1. The van der Waals surface area contributed by atoms with Gasteiger partial charge in [-0.15, -0.1) is 0 Å². The summed E-state index contributed by atoms with van der Waals surface area (Å²) in [4.78, 5) is 11.0. The van der Waals surface area contributed by atoms with Crippen molar-refractivity contribution < 1.29 is 18.3 Å². The molecule has 0 saturated heterocycles. The van der Waals surface area contributed by atoms with Crippen molar-refractivity contribution >= 4 is 16.0 Å². The summed E-state index contributed by atoms with van der Waals surface area (Å²) in [5, 5.41) is 8.88. The monoisotopic (exact) mass is 283 g/mol. The summed E-state index contributed by atoms with van der Waals surface area (Å²) in [5.74, 6) is -0.876. The standard InChI is InChI=1S/C13H17NO4S/c15-12(16)9-13(7-4-8-13)10-14-19(17,18)11-5-2-1-3-6-11/h1-3,5-6,14H,4,7-10H2,(H,15,16). The van der Waals surface area contributed by atoms with Crippen molar-refractivity contribution in [1.29, 1.82) is 0 Å². The molecule has 1 fully saturated rings. The van der Waals surface area contributed by atoms with Crippen LogP contribution in [-0.4, -0.2) is 26.0 Å². The van der Waals surface area contributed by atoms with Crippen LogP contribution in [0.25, 0.3) is 0 Å². The molecule has 0 amide bonds. The second-order valence-electron chi connectivity index (χ2n) is 5.06. The molecule has 1 aromatic rings. The molecule has 5 nitrogen and oxygen atoms in total. The summed E-state index contributed by atoms with van der Waals surface area (Å²) in [5.41, 5.74) is -0.409. The van der Waals surface area contributed by atoms with Gasteiger partial charge in [0.1, 0.15) is 0 Å². The molecule has 1 aliphatic rings. The minimum absolute atomic E-state index is 0.0182. The Balaban J connectivity index is 2.04. The average molecular weight is 283 g/mol. The Bertz CT molecular complexity index is 549. The van der Waals surface area contributed by atoms with E-state index in [9.17, 15) is 13.2 Å². The molecule has 1 aliphatic carbocycles. The predicted molar refractivity (Wildman–Crippen MR) is 70.2 cm³/mol. The van der Waals surface area contributed by atoms with E-state index in [0.717, 1.165) is 19.3 Å². The first-order valence-corrected chi connectivity index (χ1v) is 7.68. The molecule has 0 unspecified atom stereocenters. The molecule has 6 heteroatoms. The smallest absolute Gasteiger partial charge is 0.303 e. The maximum Gasteiger partial charge on any atom is 0.303 e. The largest absolute Gasteiger partial charge is 0.481 e. The first-order valence-electron chi connectivity index (χ1n) is 6.20. The van der Waals surface area contributed by atoms with E-state index < -0.39 is 21.4 Å². The third kappa shape index (κ3) is 3.33. The van der Waals surface area contributed by atoms with E-state index in [2.05, 4.69) is 4.72 Å². The summed E-state index contributed by atoms with van der Waals surface area (Å²) in [6.45, 7) is 0.191. The van der Waals surface area contributed by atoms with E-state index in [1.165, 1.54) is 12.1 Å². The minimum atomic E-state index is -3.55.